The number of hydrogen-bond acceptors (Lipinski definition) is 5. The van der Waals surface area contributed by atoms with Gasteiger partial charge in [-0.2, -0.15) is 0 Å². The molecule has 0 bridgehead atoms. The molecule has 0 fully saturated rings. The smallest absolute Gasteiger partial charge is 0.223 e. The molecule has 2 aromatic rings. The molecule has 2 heterocycles. The fraction of sp³-hybridized carbons (Fsp3) is 0.250. The Morgan fingerprint density at radius 2 is 2.11 bits per heavy atom. The highest BCUT2D eigenvalue weighted by Gasteiger charge is 2.02. The first-order valence-electron chi connectivity index (χ1n) is 5.64. The Morgan fingerprint density at radius 3 is 2.83 bits per heavy atom. The van der Waals surface area contributed by atoms with E-state index >= 15 is 0 Å². The molecule has 1 N–H and O–H groups in total. The first-order chi connectivity index (χ1) is 8.78. The van der Waals surface area contributed by atoms with E-state index in [1.807, 2.05) is 18.2 Å². The van der Waals surface area contributed by atoms with Gasteiger partial charge >= 0.3 is 0 Å². The predicted octanol–water partition coefficient (Wildman–Crippen LogP) is 3.61. The standard InChI is InChI=1S/C12H13BrN4S/c1-2-6-14-12-15-7-5-11(17-12)18-10-4-3-9(13)8-16-10/h3-5,7-8H,2,6H2,1H3,(H,14,15,17). The van der Waals surface area contributed by atoms with Gasteiger partial charge in [-0.3, -0.25) is 0 Å². The molecule has 0 atom stereocenters. The van der Waals surface area contributed by atoms with E-state index in [2.05, 4.69) is 43.1 Å². The first-order valence-corrected chi connectivity index (χ1v) is 7.25. The molecule has 0 aliphatic heterocycles. The first kappa shape index (κ1) is 13.3. The third kappa shape index (κ3) is 3.96. The minimum atomic E-state index is 0.666. The summed E-state index contributed by atoms with van der Waals surface area (Å²) in [5.74, 6) is 0.666. The summed E-state index contributed by atoms with van der Waals surface area (Å²) in [6.07, 6.45) is 4.58. The lowest BCUT2D eigenvalue weighted by Gasteiger charge is -2.04. The highest BCUT2D eigenvalue weighted by atomic mass is 79.9. The molecule has 4 nitrogen and oxygen atoms in total. The van der Waals surface area contributed by atoms with E-state index in [9.17, 15) is 0 Å². The van der Waals surface area contributed by atoms with E-state index in [-0.39, 0.29) is 0 Å². The van der Waals surface area contributed by atoms with Crippen molar-refractivity contribution in [2.45, 2.75) is 23.4 Å². The van der Waals surface area contributed by atoms with Crippen LogP contribution in [0.15, 0.2) is 45.1 Å². The Kier molecular flexibility index (Phi) is 4.95. The van der Waals surface area contributed by atoms with Crippen molar-refractivity contribution in [2.75, 3.05) is 11.9 Å². The second kappa shape index (κ2) is 6.70. The molecule has 18 heavy (non-hydrogen) atoms. The summed E-state index contributed by atoms with van der Waals surface area (Å²) in [6, 6.07) is 5.80. The van der Waals surface area contributed by atoms with Crippen molar-refractivity contribution >= 4 is 33.6 Å². The fourth-order valence-electron chi connectivity index (χ4n) is 1.25. The van der Waals surface area contributed by atoms with Gasteiger partial charge in [-0.15, -0.1) is 0 Å². The maximum absolute atomic E-state index is 4.42. The van der Waals surface area contributed by atoms with Gasteiger partial charge in [0.1, 0.15) is 10.1 Å². The van der Waals surface area contributed by atoms with Gasteiger partial charge < -0.3 is 5.32 Å². The summed E-state index contributed by atoms with van der Waals surface area (Å²) in [4.78, 5) is 12.9. The summed E-state index contributed by atoms with van der Waals surface area (Å²) in [7, 11) is 0. The Balaban J connectivity index is 2.06. The minimum absolute atomic E-state index is 0.666. The van der Waals surface area contributed by atoms with Crippen LogP contribution in [-0.4, -0.2) is 21.5 Å². The maximum Gasteiger partial charge on any atom is 0.223 e. The molecule has 2 aromatic heterocycles. The number of pyridine rings is 1. The van der Waals surface area contributed by atoms with Crippen molar-refractivity contribution in [3.05, 3.63) is 35.1 Å². The number of anilines is 1. The van der Waals surface area contributed by atoms with Crippen LogP contribution in [0.25, 0.3) is 0 Å². The molecule has 0 aromatic carbocycles. The van der Waals surface area contributed by atoms with Gasteiger partial charge in [-0.05, 0) is 52.3 Å². The Hall–Kier alpha value is -1.14. The lowest BCUT2D eigenvalue weighted by molar-refractivity contribution is 0.934. The van der Waals surface area contributed by atoms with E-state index in [0.717, 1.165) is 27.5 Å². The highest BCUT2D eigenvalue weighted by Crippen LogP contribution is 2.25. The maximum atomic E-state index is 4.42. The van der Waals surface area contributed by atoms with Crippen LogP contribution in [0.3, 0.4) is 0 Å². The molecule has 0 unspecified atom stereocenters. The minimum Gasteiger partial charge on any atom is -0.354 e. The van der Waals surface area contributed by atoms with E-state index in [1.165, 1.54) is 11.8 Å². The topological polar surface area (TPSA) is 50.7 Å². The largest absolute Gasteiger partial charge is 0.354 e. The Morgan fingerprint density at radius 1 is 1.22 bits per heavy atom. The molecule has 94 valence electrons. The third-order valence-electron chi connectivity index (χ3n) is 2.07. The number of hydrogen-bond donors (Lipinski definition) is 1. The zero-order chi connectivity index (χ0) is 12.8. The van der Waals surface area contributed by atoms with Crippen LogP contribution < -0.4 is 5.32 Å². The molecule has 0 spiro atoms. The number of halogens is 1. The number of aromatic nitrogens is 3. The van der Waals surface area contributed by atoms with Crippen LogP contribution in [0.2, 0.25) is 0 Å². The number of rotatable bonds is 5. The molecule has 2 rings (SSSR count). The van der Waals surface area contributed by atoms with E-state index < -0.39 is 0 Å². The van der Waals surface area contributed by atoms with E-state index in [0.29, 0.717) is 5.95 Å². The van der Waals surface area contributed by atoms with Crippen molar-refractivity contribution in [2.24, 2.45) is 0 Å². The average Bonchev–Trinajstić information content (AvgIpc) is 2.40. The molecule has 0 aliphatic carbocycles. The fourth-order valence-corrected chi connectivity index (χ4v) is 2.20. The second-order valence-electron chi connectivity index (χ2n) is 3.56. The van der Waals surface area contributed by atoms with Gasteiger partial charge in [-0.1, -0.05) is 6.92 Å². The van der Waals surface area contributed by atoms with Crippen molar-refractivity contribution in [3.8, 4) is 0 Å². The molecular formula is C12H13BrN4S. The zero-order valence-electron chi connectivity index (χ0n) is 9.93. The van der Waals surface area contributed by atoms with Crippen molar-refractivity contribution < 1.29 is 0 Å². The third-order valence-corrected chi connectivity index (χ3v) is 3.43. The summed E-state index contributed by atoms with van der Waals surface area (Å²) >= 11 is 4.88. The SMILES string of the molecule is CCCNc1nccc(Sc2ccc(Br)cn2)n1. The van der Waals surface area contributed by atoms with Crippen molar-refractivity contribution in [1.29, 1.82) is 0 Å². The monoisotopic (exact) mass is 324 g/mol. The van der Waals surface area contributed by atoms with Crippen LogP contribution >= 0.6 is 27.7 Å². The van der Waals surface area contributed by atoms with E-state index in [4.69, 9.17) is 0 Å². The summed E-state index contributed by atoms with van der Waals surface area (Å²) in [5.41, 5.74) is 0. The van der Waals surface area contributed by atoms with Crippen LogP contribution in [0, 0.1) is 0 Å². The average molecular weight is 325 g/mol. The summed E-state index contributed by atoms with van der Waals surface area (Å²) < 4.78 is 0.972. The number of nitrogens with zero attached hydrogens (tertiary/aromatic N) is 3. The molecule has 0 radical (unpaired) electrons. The molecule has 0 aliphatic rings. The highest BCUT2D eigenvalue weighted by molar-refractivity contribution is 9.10. The molecule has 0 saturated carbocycles. The van der Waals surface area contributed by atoms with Crippen LogP contribution in [0.5, 0.6) is 0 Å². The quantitative estimate of drug-likeness (QED) is 0.851. The lowest BCUT2D eigenvalue weighted by atomic mass is 10.5. The summed E-state index contributed by atoms with van der Waals surface area (Å²) in [6.45, 7) is 2.99. The van der Waals surface area contributed by atoms with Crippen LogP contribution in [-0.2, 0) is 0 Å². The predicted molar refractivity (Wildman–Crippen MR) is 76.9 cm³/mol. The second-order valence-corrected chi connectivity index (χ2v) is 5.52. The van der Waals surface area contributed by atoms with Gasteiger partial charge in [0, 0.05) is 23.4 Å². The molecule has 0 amide bonds. The van der Waals surface area contributed by atoms with Crippen LogP contribution in [0.1, 0.15) is 13.3 Å². The zero-order valence-corrected chi connectivity index (χ0v) is 12.3. The molecular weight excluding hydrogens is 312 g/mol. The Labute approximate surface area is 119 Å². The van der Waals surface area contributed by atoms with Crippen molar-refractivity contribution in [3.63, 3.8) is 0 Å². The lowest BCUT2D eigenvalue weighted by Crippen LogP contribution is -2.04. The van der Waals surface area contributed by atoms with Gasteiger partial charge in [0.15, 0.2) is 0 Å². The van der Waals surface area contributed by atoms with Gasteiger partial charge in [0.2, 0.25) is 5.95 Å². The molecule has 6 heteroatoms. The van der Waals surface area contributed by atoms with Gasteiger partial charge in [0.25, 0.3) is 0 Å². The van der Waals surface area contributed by atoms with Gasteiger partial charge in [0.05, 0.1) is 0 Å². The number of nitrogens with one attached hydrogen (secondary N) is 1. The Bertz CT molecular complexity index is 504. The van der Waals surface area contributed by atoms with Gasteiger partial charge in [-0.25, -0.2) is 15.0 Å². The van der Waals surface area contributed by atoms with Crippen LogP contribution in [0.4, 0.5) is 5.95 Å². The van der Waals surface area contributed by atoms with Crippen molar-refractivity contribution in [1.82, 2.24) is 15.0 Å². The molecule has 0 saturated heterocycles. The summed E-state index contributed by atoms with van der Waals surface area (Å²) in [5, 5.41) is 4.97. The van der Waals surface area contributed by atoms with E-state index in [1.54, 1.807) is 12.4 Å². The normalized spacial score (nSPS) is 10.3.